The van der Waals surface area contributed by atoms with E-state index in [2.05, 4.69) is 5.32 Å². The average molecular weight is 406 g/mol. The van der Waals surface area contributed by atoms with Gasteiger partial charge < -0.3 is 19.5 Å². The summed E-state index contributed by atoms with van der Waals surface area (Å²) in [6.45, 7) is 1.95. The first-order valence-corrected chi connectivity index (χ1v) is 10.4. The zero-order valence-corrected chi connectivity index (χ0v) is 16.7. The molecule has 0 bridgehead atoms. The van der Waals surface area contributed by atoms with Crippen LogP contribution in [0.2, 0.25) is 0 Å². The first-order valence-electron chi connectivity index (χ1n) is 8.59. The number of rotatable bonds is 7. The number of carbonyl (C=O) groups is 1. The van der Waals surface area contributed by atoms with Crippen molar-refractivity contribution in [3.63, 3.8) is 0 Å². The van der Waals surface area contributed by atoms with Gasteiger partial charge in [-0.1, -0.05) is 6.07 Å². The summed E-state index contributed by atoms with van der Waals surface area (Å²) in [5, 5.41) is 2.77. The van der Waals surface area contributed by atoms with Crippen LogP contribution in [0.3, 0.4) is 0 Å². The van der Waals surface area contributed by atoms with E-state index in [-0.39, 0.29) is 13.3 Å². The maximum absolute atomic E-state index is 12.6. The molecular formula is C19H22N2O6S. The highest BCUT2D eigenvalue weighted by Gasteiger charge is 2.29. The third kappa shape index (κ3) is 4.30. The second-order valence-corrected chi connectivity index (χ2v) is 8.20. The lowest BCUT2D eigenvalue weighted by atomic mass is 10.2. The van der Waals surface area contributed by atoms with Crippen molar-refractivity contribution in [1.82, 2.24) is 5.32 Å². The Labute approximate surface area is 164 Å². The first-order chi connectivity index (χ1) is 13.3. The van der Waals surface area contributed by atoms with Gasteiger partial charge in [-0.05, 0) is 48.9 Å². The molecule has 1 aliphatic heterocycles. The Hall–Kier alpha value is -2.94. The zero-order valence-electron chi connectivity index (χ0n) is 15.8. The SMILES string of the molecule is COc1ccc(N(C(C)C(=O)NCc2ccc3c(c2)OCO3)S(C)(=O)=O)cc1. The van der Waals surface area contributed by atoms with Gasteiger partial charge in [-0.3, -0.25) is 9.10 Å². The van der Waals surface area contributed by atoms with Gasteiger partial charge in [0.25, 0.3) is 0 Å². The molecule has 0 aromatic heterocycles. The van der Waals surface area contributed by atoms with E-state index < -0.39 is 22.0 Å². The van der Waals surface area contributed by atoms with Gasteiger partial charge >= 0.3 is 0 Å². The van der Waals surface area contributed by atoms with Gasteiger partial charge in [0.2, 0.25) is 22.7 Å². The van der Waals surface area contributed by atoms with Crippen LogP contribution < -0.4 is 23.8 Å². The molecule has 3 rings (SSSR count). The highest BCUT2D eigenvalue weighted by molar-refractivity contribution is 7.92. The summed E-state index contributed by atoms with van der Waals surface area (Å²) in [5.74, 6) is 1.46. The molecule has 0 spiro atoms. The number of nitrogens with one attached hydrogen (secondary N) is 1. The standard InChI is InChI=1S/C19H22N2O6S/c1-13(21(28(3,23)24)15-5-7-16(25-2)8-6-15)19(22)20-11-14-4-9-17-18(10-14)27-12-26-17/h4-10,13H,11-12H2,1-3H3,(H,20,22). The summed E-state index contributed by atoms with van der Waals surface area (Å²) in [4.78, 5) is 12.6. The Bertz CT molecular complexity index is 959. The quantitative estimate of drug-likeness (QED) is 0.755. The fourth-order valence-corrected chi connectivity index (χ4v) is 4.10. The summed E-state index contributed by atoms with van der Waals surface area (Å²) in [5.41, 5.74) is 1.20. The molecule has 0 aliphatic carbocycles. The van der Waals surface area contributed by atoms with Gasteiger partial charge in [0, 0.05) is 6.54 Å². The minimum Gasteiger partial charge on any atom is -0.497 e. The van der Waals surface area contributed by atoms with Crippen LogP contribution in [0.25, 0.3) is 0 Å². The van der Waals surface area contributed by atoms with E-state index >= 15 is 0 Å². The van der Waals surface area contributed by atoms with Crippen molar-refractivity contribution in [2.45, 2.75) is 19.5 Å². The lowest BCUT2D eigenvalue weighted by Crippen LogP contribution is -2.47. The van der Waals surface area contributed by atoms with Crippen molar-refractivity contribution >= 4 is 21.6 Å². The van der Waals surface area contributed by atoms with E-state index in [1.165, 1.54) is 7.11 Å². The lowest BCUT2D eigenvalue weighted by molar-refractivity contribution is -0.122. The number of ether oxygens (including phenoxy) is 3. The summed E-state index contributed by atoms with van der Waals surface area (Å²) in [6.07, 6.45) is 1.07. The van der Waals surface area contributed by atoms with Crippen molar-refractivity contribution in [3.05, 3.63) is 48.0 Å². The zero-order chi connectivity index (χ0) is 20.3. The number of benzene rings is 2. The molecule has 2 aromatic carbocycles. The van der Waals surface area contributed by atoms with Gasteiger partial charge in [-0.15, -0.1) is 0 Å². The van der Waals surface area contributed by atoms with Crippen LogP contribution in [0.1, 0.15) is 12.5 Å². The fraction of sp³-hybridized carbons (Fsp3) is 0.316. The second-order valence-electron chi connectivity index (χ2n) is 6.34. The highest BCUT2D eigenvalue weighted by Crippen LogP contribution is 2.32. The van der Waals surface area contributed by atoms with E-state index in [4.69, 9.17) is 14.2 Å². The Morgan fingerprint density at radius 2 is 1.86 bits per heavy atom. The van der Waals surface area contributed by atoms with Crippen molar-refractivity contribution in [2.24, 2.45) is 0 Å². The number of fused-ring (bicyclic) bond motifs is 1. The van der Waals surface area contributed by atoms with Crippen molar-refractivity contribution < 1.29 is 27.4 Å². The third-order valence-electron chi connectivity index (χ3n) is 4.32. The maximum Gasteiger partial charge on any atom is 0.243 e. The number of carbonyl (C=O) groups excluding carboxylic acids is 1. The Morgan fingerprint density at radius 3 is 2.50 bits per heavy atom. The van der Waals surface area contributed by atoms with E-state index in [0.717, 1.165) is 16.1 Å². The van der Waals surface area contributed by atoms with Gasteiger partial charge in [0.05, 0.1) is 19.1 Å². The molecule has 8 nitrogen and oxygen atoms in total. The largest absolute Gasteiger partial charge is 0.497 e. The number of methoxy groups -OCH3 is 1. The second kappa shape index (κ2) is 7.97. The van der Waals surface area contributed by atoms with Crippen molar-refractivity contribution in [3.8, 4) is 17.2 Å². The topological polar surface area (TPSA) is 94.2 Å². The van der Waals surface area contributed by atoms with E-state index in [1.54, 1.807) is 43.3 Å². The lowest BCUT2D eigenvalue weighted by Gasteiger charge is -2.28. The first kappa shape index (κ1) is 19.8. The van der Waals surface area contributed by atoms with Crippen LogP contribution in [-0.4, -0.2) is 40.5 Å². The van der Waals surface area contributed by atoms with Crippen LogP contribution in [0, 0.1) is 0 Å². The van der Waals surface area contributed by atoms with E-state index in [9.17, 15) is 13.2 Å². The molecule has 150 valence electrons. The molecule has 0 saturated carbocycles. The van der Waals surface area contributed by atoms with Crippen LogP contribution in [0.5, 0.6) is 17.2 Å². The van der Waals surface area contributed by atoms with Gasteiger partial charge in [-0.2, -0.15) is 0 Å². The minimum absolute atomic E-state index is 0.174. The summed E-state index contributed by atoms with van der Waals surface area (Å²) < 4.78 is 41.4. The van der Waals surface area contributed by atoms with Crippen LogP contribution in [0.15, 0.2) is 42.5 Å². The smallest absolute Gasteiger partial charge is 0.243 e. The third-order valence-corrected chi connectivity index (χ3v) is 5.56. The maximum atomic E-state index is 12.6. The van der Waals surface area contributed by atoms with Gasteiger partial charge in [-0.25, -0.2) is 8.42 Å². The molecular weight excluding hydrogens is 384 g/mol. The van der Waals surface area contributed by atoms with Crippen molar-refractivity contribution in [2.75, 3.05) is 24.5 Å². The highest BCUT2D eigenvalue weighted by atomic mass is 32.2. The molecule has 1 amide bonds. The molecule has 28 heavy (non-hydrogen) atoms. The number of hydrogen-bond donors (Lipinski definition) is 1. The molecule has 1 N–H and O–H groups in total. The molecule has 1 heterocycles. The normalized spacial score (nSPS) is 13.7. The number of anilines is 1. The fourth-order valence-electron chi connectivity index (χ4n) is 2.93. The summed E-state index contributed by atoms with van der Waals surface area (Å²) >= 11 is 0. The molecule has 0 fully saturated rings. The molecule has 1 aliphatic rings. The molecule has 0 saturated heterocycles. The predicted molar refractivity (Wildman–Crippen MR) is 104 cm³/mol. The minimum atomic E-state index is -3.68. The molecule has 2 aromatic rings. The van der Waals surface area contributed by atoms with Gasteiger partial charge in [0.1, 0.15) is 11.8 Å². The predicted octanol–water partition coefficient (Wildman–Crippen LogP) is 1.89. The molecule has 1 unspecified atom stereocenters. The van der Waals surface area contributed by atoms with Crippen LogP contribution in [-0.2, 0) is 21.4 Å². The number of nitrogens with zero attached hydrogens (tertiary/aromatic N) is 1. The Balaban J connectivity index is 1.72. The summed E-state index contributed by atoms with van der Waals surface area (Å²) in [7, 11) is -2.15. The Morgan fingerprint density at radius 1 is 1.18 bits per heavy atom. The van der Waals surface area contributed by atoms with E-state index in [1.807, 2.05) is 6.07 Å². The van der Waals surface area contributed by atoms with E-state index in [0.29, 0.717) is 22.9 Å². The number of sulfonamides is 1. The Kier molecular flexibility index (Phi) is 5.64. The number of hydrogen-bond acceptors (Lipinski definition) is 6. The molecule has 1 atom stereocenters. The number of amides is 1. The molecule has 0 radical (unpaired) electrons. The average Bonchev–Trinajstić information content (AvgIpc) is 3.13. The summed E-state index contributed by atoms with van der Waals surface area (Å²) in [6, 6.07) is 10.9. The van der Waals surface area contributed by atoms with Gasteiger partial charge in [0.15, 0.2) is 11.5 Å². The van der Waals surface area contributed by atoms with Crippen LogP contribution in [0.4, 0.5) is 5.69 Å². The van der Waals surface area contributed by atoms with Crippen LogP contribution >= 0.6 is 0 Å². The molecule has 9 heteroatoms. The van der Waals surface area contributed by atoms with Crippen molar-refractivity contribution in [1.29, 1.82) is 0 Å². The monoisotopic (exact) mass is 406 g/mol.